The molecular formula is C60H39N3O. The molecule has 0 fully saturated rings. The van der Waals surface area contributed by atoms with Gasteiger partial charge in [-0.15, -0.1) is 0 Å². The van der Waals surface area contributed by atoms with E-state index in [9.17, 15) is 0 Å². The van der Waals surface area contributed by atoms with Gasteiger partial charge in [-0.3, -0.25) is 0 Å². The third kappa shape index (κ3) is 5.63. The molecule has 4 nitrogen and oxygen atoms in total. The molecule has 3 aromatic heterocycles. The predicted octanol–water partition coefficient (Wildman–Crippen LogP) is 16.6. The van der Waals surface area contributed by atoms with Crippen LogP contribution in [0.4, 0.5) is 17.1 Å². The van der Waals surface area contributed by atoms with Crippen LogP contribution in [0.5, 0.6) is 0 Å². The van der Waals surface area contributed by atoms with Crippen LogP contribution in [0.15, 0.2) is 241 Å². The molecule has 13 rings (SSSR count). The number of benzene rings is 10. The van der Waals surface area contributed by atoms with Crippen LogP contribution < -0.4 is 4.90 Å². The second-order valence-electron chi connectivity index (χ2n) is 16.5. The highest BCUT2D eigenvalue weighted by Crippen LogP contribution is 2.48. The topological polar surface area (TPSA) is 26.2 Å². The van der Waals surface area contributed by atoms with Gasteiger partial charge in [-0.2, -0.15) is 0 Å². The van der Waals surface area contributed by atoms with Gasteiger partial charge in [-0.05, 0) is 114 Å². The summed E-state index contributed by atoms with van der Waals surface area (Å²) in [6.07, 6.45) is 0. The normalized spacial score (nSPS) is 11.8. The molecule has 0 unspecified atom stereocenters. The fourth-order valence-electron chi connectivity index (χ4n) is 10.1. The number of para-hydroxylation sites is 4. The predicted molar refractivity (Wildman–Crippen MR) is 268 cm³/mol. The van der Waals surface area contributed by atoms with Gasteiger partial charge in [0.1, 0.15) is 11.2 Å². The van der Waals surface area contributed by atoms with Gasteiger partial charge in [-0.25, -0.2) is 0 Å². The number of furan rings is 1. The Morgan fingerprint density at radius 3 is 1.64 bits per heavy atom. The molecule has 0 aliphatic carbocycles. The smallest absolute Gasteiger partial charge is 0.135 e. The highest BCUT2D eigenvalue weighted by atomic mass is 16.3. The van der Waals surface area contributed by atoms with Crippen molar-refractivity contribution in [3.8, 4) is 33.6 Å². The SMILES string of the molecule is c1ccc(-c2cc(-c3ccccc3)c3c(c2)c2cc(N(c4ccc5oc6ccccc6c5c4)c4cccc5c4c4ccccc4n5-c4ccccc4)ccc2n3-c2ccccc2)cc1. The summed E-state index contributed by atoms with van der Waals surface area (Å²) in [7, 11) is 0. The second-order valence-corrected chi connectivity index (χ2v) is 16.5. The Hall–Kier alpha value is -8.60. The zero-order chi connectivity index (χ0) is 42.1. The van der Waals surface area contributed by atoms with Crippen LogP contribution in [0.3, 0.4) is 0 Å². The van der Waals surface area contributed by atoms with Crippen molar-refractivity contribution in [3.63, 3.8) is 0 Å². The Morgan fingerprint density at radius 1 is 0.328 bits per heavy atom. The van der Waals surface area contributed by atoms with Crippen molar-refractivity contribution in [2.75, 3.05) is 4.90 Å². The molecule has 4 heteroatoms. The maximum Gasteiger partial charge on any atom is 0.135 e. The summed E-state index contributed by atoms with van der Waals surface area (Å²) in [6, 6.07) is 85.3. The van der Waals surface area contributed by atoms with E-state index in [1.807, 2.05) is 6.07 Å². The Morgan fingerprint density at radius 2 is 0.891 bits per heavy atom. The molecule has 13 aromatic rings. The Balaban J connectivity index is 1.15. The maximum absolute atomic E-state index is 6.40. The minimum absolute atomic E-state index is 0.868. The Bertz CT molecular complexity index is 3880. The van der Waals surface area contributed by atoms with E-state index in [1.54, 1.807) is 0 Å². The molecule has 0 aliphatic heterocycles. The molecule has 0 spiro atoms. The van der Waals surface area contributed by atoms with Gasteiger partial charge < -0.3 is 18.5 Å². The van der Waals surface area contributed by atoms with E-state index in [0.717, 1.165) is 66.9 Å². The van der Waals surface area contributed by atoms with Crippen molar-refractivity contribution in [2.24, 2.45) is 0 Å². The third-order valence-corrected chi connectivity index (χ3v) is 12.9. The third-order valence-electron chi connectivity index (χ3n) is 12.9. The van der Waals surface area contributed by atoms with Gasteiger partial charge in [0.05, 0.1) is 27.8 Å². The average molecular weight is 818 g/mol. The lowest BCUT2D eigenvalue weighted by atomic mass is 9.95. The molecule has 3 heterocycles. The van der Waals surface area contributed by atoms with E-state index >= 15 is 0 Å². The van der Waals surface area contributed by atoms with Crippen molar-refractivity contribution in [2.45, 2.75) is 0 Å². The largest absolute Gasteiger partial charge is 0.456 e. The molecule has 0 aliphatic rings. The molecule has 0 saturated heterocycles. The van der Waals surface area contributed by atoms with Crippen LogP contribution in [0.2, 0.25) is 0 Å². The molecule has 0 N–H and O–H groups in total. The van der Waals surface area contributed by atoms with E-state index in [0.29, 0.717) is 0 Å². The minimum atomic E-state index is 0.868. The summed E-state index contributed by atoms with van der Waals surface area (Å²) in [6.45, 7) is 0. The number of rotatable bonds is 7. The summed E-state index contributed by atoms with van der Waals surface area (Å²) in [5, 5.41) is 6.92. The lowest BCUT2D eigenvalue weighted by Gasteiger charge is -2.27. The molecule has 300 valence electrons. The van der Waals surface area contributed by atoms with Gasteiger partial charge in [0, 0.05) is 60.6 Å². The number of hydrogen-bond acceptors (Lipinski definition) is 2. The van der Waals surface area contributed by atoms with Gasteiger partial charge >= 0.3 is 0 Å². The number of anilines is 3. The molecule has 64 heavy (non-hydrogen) atoms. The van der Waals surface area contributed by atoms with Crippen molar-refractivity contribution >= 4 is 82.6 Å². The number of nitrogens with zero attached hydrogens (tertiary/aromatic N) is 3. The first-order chi connectivity index (χ1) is 31.8. The Kier molecular flexibility index (Phi) is 8.18. The maximum atomic E-state index is 6.40. The molecule has 0 radical (unpaired) electrons. The summed E-state index contributed by atoms with van der Waals surface area (Å²) in [4.78, 5) is 2.45. The zero-order valence-electron chi connectivity index (χ0n) is 34.8. The van der Waals surface area contributed by atoms with E-state index in [-0.39, 0.29) is 0 Å². The van der Waals surface area contributed by atoms with Gasteiger partial charge in [0.25, 0.3) is 0 Å². The standard InChI is InChI=1S/C60H39N3O/c1-5-18-40(19-6-1)42-36-49(41-20-7-2-8-21-41)60-52(37-42)50-38-45(32-34-54(50)63(60)44-24-11-4-12-25-44)61(46-33-35-58-51(39-46)47-26-14-16-31-57(47)64-58)55-29-17-30-56-59(55)48-27-13-15-28-53(48)62(56)43-22-9-3-10-23-43/h1-39H. The van der Waals surface area contributed by atoms with Crippen molar-refractivity contribution in [3.05, 3.63) is 237 Å². The first-order valence-electron chi connectivity index (χ1n) is 21.8. The number of hydrogen-bond donors (Lipinski definition) is 0. The van der Waals surface area contributed by atoms with E-state index in [2.05, 4.69) is 245 Å². The van der Waals surface area contributed by atoms with Crippen LogP contribution >= 0.6 is 0 Å². The molecule has 0 saturated carbocycles. The summed E-state index contributed by atoms with van der Waals surface area (Å²) >= 11 is 0. The lowest BCUT2D eigenvalue weighted by molar-refractivity contribution is 0.669. The average Bonchev–Trinajstić information content (AvgIpc) is 4.03. The Labute approximate surface area is 369 Å². The van der Waals surface area contributed by atoms with Crippen molar-refractivity contribution in [1.82, 2.24) is 9.13 Å². The van der Waals surface area contributed by atoms with Crippen LogP contribution in [0, 0.1) is 0 Å². The molecule has 10 aromatic carbocycles. The van der Waals surface area contributed by atoms with Gasteiger partial charge in [0.15, 0.2) is 0 Å². The summed E-state index contributed by atoms with van der Waals surface area (Å²) in [5.74, 6) is 0. The van der Waals surface area contributed by atoms with E-state index in [1.165, 1.54) is 49.3 Å². The summed E-state index contributed by atoms with van der Waals surface area (Å²) in [5.41, 5.74) is 16.5. The fourth-order valence-corrected chi connectivity index (χ4v) is 10.1. The van der Waals surface area contributed by atoms with Crippen LogP contribution in [-0.4, -0.2) is 9.13 Å². The fraction of sp³-hybridized carbons (Fsp3) is 0. The van der Waals surface area contributed by atoms with Crippen molar-refractivity contribution < 1.29 is 4.42 Å². The van der Waals surface area contributed by atoms with Crippen LogP contribution in [0.1, 0.15) is 0 Å². The first-order valence-corrected chi connectivity index (χ1v) is 21.8. The zero-order valence-corrected chi connectivity index (χ0v) is 34.8. The second kappa shape index (κ2) is 14.5. The monoisotopic (exact) mass is 817 g/mol. The number of aromatic nitrogens is 2. The highest BCUT2D eigenvalue weighted by Gasteiger charge is 2.25. The quantitative estimate of drug-likeness (QED) is 0.160. The van der Waals surface area contributed by atoms with Crippen molar-refractivity contribution in [1.29, 1.82) is 0 Å². The molecule has 0 bridgehead atoms. The van der Waals surface area contributed by atoms with Gasteiger partial charge in [-0.1, -0.05) is 140 Å². The van der Waals surface area contributed by atoms with Crippen LogP contribution in [0.25, 0.3) is 99.2 Å². The van der Waals surface area contributed by atoms with E-state index < -0.39 is 0 Å². The molecular weight excluding hydrogens is 779 g/mol. The lowest BCUT2D eigenvalue weighted by Crippen LogP contribution is -2.10. The molecule has 0 atom stereocenters. The number of fused-ring (bicyclic) bond motifs is 9. The van der Waals surface area contributed by atoms with Gasteiger partial charge in [0.2, 0.25) is 0 Å². The van der Waals surface area contributed by atoms with E-state index in [4.69, 9.17) is 4.42 Å². The first kappa shape index (κ1) is 36.1. The highest BCUT2D eigenvalue weighted by molar-refractivity contribution is 6.19. The van der Waals surface area contributed by atoms with Crippen LogP contribution in [-0.2, 0) is 0 Å². The molecule has 0 amide bonds. The minimum Gasteiger partial charge on any atom is -0.456 e. The summed E-state index contributed by atoms with van der Waals surface area (Å²) < 4.78 is 11.2.